The highest BCUT2D eigenvalue weighted by Gasteiger charge is 2.27. The molecular formula is C13H24O4. The lowest BCUT2D eigenvalue weighted by molar-refractivity contribution is -0.0239. The van der Waals surface area contributed by atoms with Gasteiger partial charge >= 0.3 is 0 Å². The van der Waals surface area contributed by atoms with E-state index >= 15 is 0 Å². The van der Waals surface area contributed by atoms with E-state index in [9.17, 15) is 0 Å². The summed E-state index contributed by atoms with van der Waals surface area (Å²) in [5, 5.41) is 27.4. The first-order valence-corrected chi connectivity index (χ1v) is 5.88. The topological polar surface area (TPSA) is 69.9 Å². The van der Waals surface area contributed by atoms with Gasteiger partial charge in [-0.15, -0.1) is 0 Å². The number of ether oxygens (including phenoxy) is 1. The van der Waals surface area contributed by atoms with Crippen LogP contribution in [0.5, 0.6) is 0 Å². The van der Waals surface area contributed by atoms with Gasteiger partial charge < -0.3 is 20.1 Å². The normalized spacial score (nSPS) is 14.9. The van der Waals surface area contributed by atoms with E-state index in [1.807, 2.05) is 38.2 Å². The van der Waals surface area contributed by atoms with Crippen LogP contribution >= 0.6 is 0 Å². The highest BCUT2D eigenvalue weighted by atomic mass is 16.5. The molecule has 0 saturated carbocycles. The van der Waals surface area contributed by atoms with Crippen molar-refractivity contribution in [2.75, 3.05) is 26.4 Å². The molecule has 0 aromatic carbocycles. The van der Waals surface area contributed by atoms with Gasteiger partial charge in [0.1, 0.15) is 0 Å². The largest absolute Gasteiger partial charge is 0.396 e. The van der Waals surface area contributed by atoms with Gasteiger partial charge in [-0.25, -0.2) is 0 Å². The SMILES string of the molecule is CC=CC(C=CC)OCCC(CO)(CO)CO. The average molecular weight is 244 g/mol. The fourth-order valence-electron chi connectivity index (χ4n) is 1.35. The highest BCUT2D eigenvalue weighted by molar-refractivity contribution is 5.00. The summed E-state index contributed by atoms with van der Waals surface area (Å²) in [7, 11) is 0. The predicted molar refractivity (Wildman–Crippen MR) is 67.7 cm³/mol. The van der Waals surface area contributed by atoms with Gasteiger partial charge in [0.25, 0.3) is 0 Å². The van der Waals surface area contributed by atoms with E-state index in [0.717, 1.165) is 0 Å². The molecule has 0 fully saturated rings. The molecule has 0 amide bonds. The third-order valence-corrected chi connectivity index (χ3v) is 2.71. The van der Waals surface area contributed by atoms with Gasteiger partial charge in [0, 0.05) is 12.0 Å². The number of allylic oxidation sites excluding steroid dienone is 2. The molecule has 0 rings (SSSR count). The maximum atomic E-state index is 9.14. The number of hydrogen-bond donors (Lipinski definition) is 3. The van der Waals surface area contributed by atoms with Gasteiger partial charge in [-0.1, -0.05) is 24.3 Å². The maximum absolute atomic E-state index is 9.14. The van der Waals surface area contributed by atoms with E-state index in [2.05, 4.69) is 0 Å². The lowest BCUT2D eigenvalue weighted by atomic mass is 9.88. The fourth-order valence-corrected chi connectivity index (χ4v) is 1.35. The number of aliphatic hydroxyl groups is 3. The third-order valence-electron chi connectivity index (χ3n) is 2.71. The van der Waals surface area contributed by atoms with E-state index in [0.29, 0.717) is 13.0 Å². The second-order valence-corrected chi connectivity index (χ2v) is 4.11. The van der Waals surface area contributed by atoms with Crippen LogP contribution in [0.25, 0.3) is 0 Å². The Hall–Kier alpha value is -0.680. The van der Waals surface area contributed by atoms with Gasteiger partial charge in [0.15, 0.2) is 0 Å². The molecule has 0 aliphatic rings. The van der Waals surface area contributed by atoms with Gasteiger partial charge in [0.05, 0.1) is 25.9 Å². The minimum atomic E-state index is -0.851. The van der Waals surface area contributed by atoms with Gasteiger partial charge in [-0.3, -0.25) is 0 Å². The van der Waals surface area contributed by atoms with Crippen LogP contribution in [0.4, 0.5) is 0 Å². The number of hydrogen-bond acceptors (Lipinski definition) is 4. The third kappa shape index (κ3) is 5.98. The molecule has 4 nitrogen and oxygen atoms in total. The summed E-state index contributed by atoms with van der Waals surface area (Å²) in [5.74, 6) is 0. The zero-order chi connectivity index (χ0) is 13.1. The Balaban J connectivity index is 4.17. The van der Waals surface area contributed by atoms with Gasteiger partial charge in [-0.2, -0.15) is 0 Å². The van der Waals surface area contributed by atoms with Crippen molar-refractivity contribution in [2.24, 2.45) is 5.41 Å². The molecule has 0 atom stereocenters. The van der Waals surface area contributed by atoms with Crippen molar-refractivity contribution in [3.63, 3.8) is 0 Å². The van der Waals surface area contributed by atoms with Crippen LogP contribution in [0.3, 0.4) is 0 Å². The highest BCUT2D eigenvalue weighted by Crippen LogP contribution is 2.20. The van der Waals surface area contributed by atoms with Crippen molar-refractivity contribution in [2.45, 2.75) is 26.4 Å². The van der Waals surface area contributed by atoms with Gasteiger partial charge in [0.2, 0.25) is 0 Å². The maximum Gasteiger partial charge on any atom is 0.0937 e. The molecule has 0 bridgehead atoms. The monoisotopic (exact) mass is 244 g/mol. The van der Waals surface area contributed by atoms with E-state index < -0.39 is 5.41 Å². The molecule has 0 aliphatic carbocycles. The summed E-state index contributed by atoms with van der Waals surface area (Å²) in [5.41, 5.74) is -0.851. The van der Waals surface area contributed by atoms with Crippen LogP contribution in [0.1, 0.15) is 20.3 Å². The Bertz CT molecular complexity index is 211. The Morgan fingerprint density at radius 2 is 1.47 bits per heavy atom. The summed E-state index contributed by atoms with van der Waals surface area (Å²) in [6.45, 7) is 3.46. The molecule has 0 radical (unpaired) electrons. The minimum absolute atomic E-state index is 0.0984. The first-order chi connectivity index (χ1) is 8.17. The van der Waals surface area contributed by atoms with Crippen molar-refractivity contribution in [1.82, 2.24) is 0 Å². The zero-order valence-electron chi connectivity index (χ0n) is 10.7. The molecule has 0 saturated heterocycles. The molecule has 0 aliphatic heterocycles. The molecule has 0 aromatic rings. The quantitative estimate of drug-likeness (QED) is 0.527. The van der Waals surface area contributed by atoms with E-state index in [1.54, 1.807) is 0 Å². The van der Waals surface area contributed by atoms with Crippen molar-refractivity contribution < 1.29 is 20.1 Å². The first-order valence-electron chi connectivity index (χ1n) is 5.88. The summed E-state index contributed by atoms with van der Waals surface area (Å²) in [6, 6.07) is 0. The molecule has 0 heterocycles. The molecule has 100 valence electrons. The van der Waals surface area contributed by atoms with Crippen LogP contribution in [0.2, 0.25) is 0 Å². The predicted octanol–water partition coefficient (Wildman–Crippen LogP) is 0.877. The van der Waals surface area contributed by atoms with E-state index in [1.165, 1.54) is 0 Å². The Labute approximate surface area is 103 Å². The number of rotatable bonds is 9. The zero-order valence-corrected chi connectivity index (χ0v) is 10.7. The van der Waals surface area contributed by atoms with Crippen LogP contribution < -0.4 is 0 Å². The first kappa shape index (κ1) is 16.3. The molecule has 17 heavy (non-hydrogen) atoms. The molecule has 3 N–H and O–H groups in total. The standard InChI is InChI=1S/C13H24O4/c1-3-5-12(6-4-2)17-8-7-13(9-14,10-15)11-16/h3-6,12,14-16H,7-11H2,1-2H3. The lowest BCUT2D eigenvalue weighted by Crippen LogP contribution is -2.35. The molecule has 0 unspecified atom stereocenters. The lowest BCUT2D eigenvalue weighted by Gasteiger charge is -2.27. The van der Waals surface area contributed by atoms with Crippen LogP contribution in [0, 0.1) is 5.41 Å². The Morgan fingerprint density at radius 3 is 1.82 bits per heavy atom. The number of aliphatic hydroxyl groups excluding tert-OH is 3. The molecule has 0 aromatic heterocycles. The van der Waals surface area contributed by atoms with Crippen molar-refractivity contribution >= 4 is 0 Å². The Kier molecular flexibility index (Phi) is 8.99. The summed E-state index contributed by atoms with van der Waals surface area (Å²) in [4.78, 5) is 0. The molecule has 4 heteroatoms. The summed E-state index contributed by atoms with van der Waals surface area (Å²) < 4.78 is 5.58. The van der Waals surface area contributed by atoms with E-state index in [-0.39, 0.29) is 25.9 Å². The summed E-state index contributed by atoms with van der Waals surface area (Å²) >= 11 is 0. The van der Waals surface area contributed by atoms with E-state index in [4.69, 9.17) is 20.1 Å². The van der Waals surface area contributed by atoms with Crippen molar-refractivity contribution in [1.29, 1.82) is 0 Å². The second kappa shape index (κ2) is 9.36. The second-order valence-electron chi connectivity index (χ2n) is 4.11. The molecule has 0 spiro atoms. The summed E-state index contributed by atoms with van der Waals surface area (Å²) in [6.07, 6.45) is 7.96. The molecular weight excluding hydrogens is 220 g/mol. The van der Waals surface area contributed by atoms with Crippen LogP contribution in [-0.4, -0.2) is 47.9 Å². The smallest absolute Gasteiger partial charge is 0.0937 e. The average Bonchev–Trinajstić information content (AvgIpc) is 2.36. The van der Waals surface area contributed by atoms with Crippen LogP contribution in [-0.2, 0) is 4.74 Å². The van der Waals surface area contributed by atoms with Crippen molar-refractivity contribution in [3.8, 4) is 0 Å². The van der Waals surface area contributed by atoms with Crippen molar-refractivity contribution in [3.05, 3.63) is 24.3 Å². The van der Waals surface area contributed by atoms with Crippen LogP contribution in [0.15, 0.2) is 24.3 Å². The van der Waals surface area contributed by atoms with Gasteiger partial charge in [-0.05, 0) is 20.3 Å². The Morgan fingerprint density at radius 1 is 1.00 bits per heavy atom. The fraction of sp³-hybridized carbons (Fsp3) is 0.692. The minimum Gasteiger partial charge on any atom is -0.396 e.